The van der Waals surface area contributed by atoms with Gasteiger partial charge in [-0.3, -0.25) is 4.39 Å². The largest absolute Gasteiger partial charge is 0.513 e. The van der Waals surface area contributed by atoms with Crippen LogP contribution in [0.15, 0.2) is 18.2 Å². The maximum Gasteiger partial charge on any atom is 0.0960 e. The van der Waals surface area contributed by atoms with Crippen LogP contribution in [0.4, 0.5) is 4.39 Å². The third kappa shape index (κ3) is 2.53. The van der Waals surface area contributed by atoms with Gasteiger partial charge in [-0.15, -0.1) is 12.1 Å². The number of halogens is 1. The van der Waals surface area contributed by atoms with Crippen molar-refractivity contribution in [2.45, 2.75) is 18.9 Å². The molecule has 2 rings (SSSR count). The Hall–Kier alpha value is 0.0539. The molecule has 3 heteroatoms. The second kappa shape index (κ2) is 4.34. The van der Waals surface area contributed by atoms with Gasteiger partial charge in [-0.1, -0.05) is 0 Å². The summed E-state index contributed by atoms with van der Waals surface area (Å²) in [5.74, 6) is 0.0330. The van der Waals surface area contributed by atoms with Crippen molar-refractivity contribution < 1.29 is 41.8 Å². The Balaban J connectivity index is 0.000000720. The van der Waals surface area contributed by atoms with E-state index in [-0.39, 0.29) is 44.6 Å². The summed E-state index contributed by atoms with van der Waals surface area (Å²) in [5, 5.41) is 0. The van der Waals surface area contributed by atoms with Crippen LogP contribution in [0.2, 0.25) is 0 Å². The minimum absolute atomic E-state index is 0. The molecule has 0 amide bonds. The summed E-state index contributed by atoms with van der Waals surface area (Å²) in [6.45, 7) is 0. The molecular formula is C9H8FOY-. The summed E-state index contributed by atoms with van der Waals surface area (Å²) in [6.07, 6.45) is 2.36. The number of rotatable bonds is 2. The Morgan fingerprint density at radius 2 is 2.25 bits per heavy atom. The van der Waals surface area contributed by atoms with E-state index in [0.717, 1.165) is 12.8 Å². The molecule has 0 spiro atoms. The van der Waals surface area contributed by atoms with Crippen LogP contribution in [-0.2, 0) is 32.7 Å². The predicted molar refractivity (Wildman–Crippen MR) is 38.9 cm³/mol. The summed E-state index contributed by atoms with van der Waals surface area (Å²) in [5.41, 5.74) is 0. The van der Waals surface area contributed by atoms with E-state index in [1.165, 1.54) is 6.07 Å². The van der Waals surface area contributed by atoms with Gasteiger partial charge in [-0.05, 0) is 12.8 Å². The van der Waals surface area contributed by atoms with E-state index in [1.54, 1.807) is 12.1 Å². The zero-order valence-corrected chi connectivity index (χ0v) is 9.43. The summed E-state index contributed by atoms with van der Waals surface area (Å²) in [6, 6.07) is 7.19. The van der Waals surface area contributed by atoms with Gasteiger partial charge in [0.25, 0.3) is 0 Å². The molecule has 0 aromatic heterocycles. The fraction of sp³-hybridized carbons (Fsp3) is 0.333. The standard InChI is InChI=1S/C9H8FO.Y/c10-8-3-1-2-4-9(8)11-7-5-6-7;/h2-4,7H,5-6H2;/q-1;. The van der Waals surface area contributed by atoms with Crippen LogP contribution in [-0.4, -0.2) is 6.10 Å². The Morgan fingerprint density at radius 1 is 1.50 bits per heavy atom. The number of ether oxygens (including phenoxy) is 1. The minimum Gasteiger partial charge on any atom is -0.513 e. The van der Waals surface area contributed by atoms with Crippen molar-refractivity contribution in [2.75, 3.05) is 0 Å². The second-order valence-corrected chi connectivity index (χ2v) is 2.67. The molecule has 0 aliphatic heterocycles. The molecule has 0 N–H and O–H groups in total. The van der Waals surface area contributed by atoms with E-state index < -0.39 is 0 Å². The zero-order chi connectivity index (χ0) is 7.68. The van der Waals surface area contributed by atoms with Crippen LogP contribution < -0.4 is 4.74 Å². The number of hydrogen-bond acceptors (Lipinski definition) is 1. The van der Waals surface area contributed by atoms with Crippen LogP contribution in [0.3, 0.4) is 0 Å². The van der Waals surface area contributed by atoms with Crippen LogP contribution in [0.25, 0.3) is 0 Å². The first-order valence-electron chi connectivity index (χ1n) is 3.68. The monoisotopic (exact) mass is 240 g/mol. The molecule has 1 nitrogen and oxygen atoms in total. The molecular weight excluding hydrogens is 232 g/mol. The van der Waals surface area contributed by atoms with Gasteiger partial charge in [0.2, 0.25) is 0 Å². The van der Waals surface area contributed by atoms with Gasteiger partial charge in [0.15, 0.2) is 0 Å². The maximum absolute atomic E-state index is 12.8. The molecule has 1 aromatic rings. The molecule has 0 unspecified atom stereocenters. The van der Waals surface area contributed by atoms with Crippen molar-refractivity contribution in [3.63, 3.8) is 0 Å². The molecule has 1 fully saturated rings. The van der Waals surface area contributed by atoms with Crippen LogP contribution >= 0.6 is 0 Å². The summed E-state index contributed by atoms with van der Waals surface area (Å²) in [4.78, 5) is 0. The third-order valence-electron chi connectivity index (χ3n) is 1.59. The van der Waals surface area contributed by atoms with Gasteiger partial charge < -0.3 is 4.74 Å². The maximum atomic E-state index is 12.8. The summed E-state index contributed by atoms with van der Waals surface area (Å²) < 4.78 is 18.1. The number of hydrogen-bond donors (Lipinski definition) is 0. The average Bonchev–Trinajstić information content (AvgIpc) is 2.78. The molecule has 1 radical (unpaired) electrons. The second-order valence-electron chi connectivity index (χ2n) is 2.67. The molecule has 61 valence electrons. The zero-order valence-electron chi connectivity index (χ0n) is 6.59. The van der Waals surface area contributed by atoms with Crippen molar-refractivity contribution in [3.8, 4) is 5.75 Å². The smallest absolute Gasteiger partial charge is 0.0960 e. The first kappa shape index (κ1) is 10.1. The van der Waals surface area contributed by atoms with Crippen molar-refractivity contribution >= 4 is 0 Å². The molecule has 12 heavy (non-hydrogen) atoms. The van der Waals surface area contributed by atoms with Gasteiger partial charge in [-0.25, -0.2) is 0 Å². The van der Waals surface area contributed by atoms with Crippen molar-refractivity contribution in [1.82, 2.24) is 0 Å². The molecule has 0 saturated heterocycles. The molecule has 1 aromatic carbocycles. The Bertz CT molecular complexity index is 260. The fourth-order valence-electron chi connectivity index (χ4n) is 0.857. The fourth-order valence-corrected chi connectivity index (χ4v) is 0.857. The topological polar surface area (TPSA) is 9.23 Å². The first-order valence-corrected chi connectivity index (χ1v) is 3.68. The van der Waals surface area contributed by atoms with E-state index in [1.807, 2.05) is 0 Å². The van der Waals surface area contributed by atoms with E-state index in [2.05, 4.69) is 6.07 Å². The van der Waals surface area contributed by atoms with Crippen molar-refractivity contribution in [2.24, 2.45) is 0 Å². The van der Waals surface area contributed by atoms with Gasteiger partial charge in [0.1, 0.15) is 0 Å². The van der Waals surface area contributed by atoms with Crippen molar-refractivity contribution in [1.29, 1.82) is 0 Å². The Morgan fingerprint density at radius 3 is 2.83 bits per heavy atom. The molecule has 0 atom stereocenters. The summed E-state index contributed by atoms with van der Waals surface area (Å²) in [7, 11) is 0. The van der Waals surface area contributed by atoms with Crippen LogP contribution in [0.5, 0.6) is 5.75 Å². The SMILES string of the molecule is Fc1c[c-]ccc1OC1CC1.[Y]. The van der Waals surface area contributed by atoms with Crippen LogP contribution in [0, 0.1) is 11.9 Å². The van der Waals surface area contributed by atoms with E-state index in [4.69, 9.17) is 4.74 Å². The molecule has 1 saturated carbocycles. The van der Waals surface area contributed by atoms with Crippen LogP contribution in [0.1, 0.15) is 12.8 Å². The first-order chi connectivity index (χ1) is 5.36. The minimum atomic E-state index is -0.320. The number of benzene rings is 1. The Labute approximate surface area is 96.2 Å². The average molecular weight is 240 g/mol. The van der Waals surface area contributed by atoms with Gasteiger partial charge in [0, 0.05) is 44.3 Å². The molecule has 0 heterocycles. The quantitative estimate of drug-likeness (QED) is 0.720. The van der Waals surface area contributed by atoms with Gasteiger partial charge in [0.05, 0.1) is 6.10 Å². The third-order valence-corrected chi connectivity index (χ3v) is 1.59. The Kier molecular flexibility index (Phi) is 3.66. The van der Waals surface area contributed by atoms with E-state index in [0.29, 0.717) is 5.75 Å². The predicted octanol–water partition coefficient (Wildman–Crippen LogP) is 2.16. The summed E-state index contributed by atoms with van der Waals surface area (Å²) >= 11 is 0. The normalized spacial score (nSPS) is 15.1. The van der Waals surface area contributed by atoms with Gasteiger partial charge in [-0.2, -0.15) is 12.1 Å². The molecule has 1 aliphatic rings. The molecule has 0 bridgehead atoms. The van der Waals surface area contributed by atoms with E-state index >= 15 is 0 Å². The van der Waals surface area contributed by atoms with Gasteiger partial charge >= 0.3 is 0 Å². The van der Waals surface area contributed by atoms with E-state index in [9.17, 15) is 4.39 Å². The van der Waals surface area contributed by atoms with Crippen molar-refractivity contribution in [3.05, 3.63) is 30.1 Å². The molecule has 1 aliphatic carbocycles.